The van der Waals surface area contributed by atoms with Crippen molar-refractivity contribution >= 4 is 52.4 Å². The van der Waals surface area contributed by atoms with Gasteiger partial charge in [-0.3, -0.25) is 4.90 Å². The van der Waals surface area contributed by atoms with Gasteiger partial charge in [-0.25, -0.2) is 18.6 Å². The van der Waals surface area contributed by atoms with E-state index in [1.165, 1.54) is 28.8 Å². The first-order chi connectivity index (χ1) is 13.9. The maximum Gasteiger partial charge on any atom is 0.326 e. The average Bonchev–Trinajstić information content (AvgIpc) is 2.68. The first-order valence-corrected chi connectivity index (χ1v) is 10.3. The van der Waals surface area contributed by atoms with E-state index in [9.17, 15) is 13.6 Å². The molecule has 1 aliphatic rings. The number of aromatic nitrogens is 1. The van der Waals surface area contributed by atoms with Crippen LogP contribution < -0.4 is 10.2 Å². The van der Waals surface area contributed by atoms with Crippen LogP contribution in [0.25, 0.3) is 0 Å². The molecule has 4 rings (SSSR count). The molecule has 9 heteroatoms. The van der Waals surface area contributed by atoms with E-state index in [-0.39, 0.29) is 12.6 Å². The van der Waals surface area contributed by atoms with Gasteiger partial charge in [0.2, 0.25) is 0 Å². The van der Waals surface area contributed by atoms with Crippen molar-refractivity contribution in [2.45, 2.75) is 17.3 Å². The van der Waals surface area contributed by atoms with Gasteiger partial charge >= 0.3 is 6.03 Å². The zero-order valence-corrected chi connectivity index (χ0v) is 17.1. The zero-order valence-electron chi connectivity index (χ0n) is 14.8. The number of fused-ring (bicyclic) bond motifs is 1. The van der Waals surface area contributed by atoms with E-state index in [1.807, 2.05) is 0 Å². The number of nitrogens with zero attached hydrogens (tertiary/aromatic N) is 2. The molecule has 0 unspecified atom stereocenters. The summed E-state index contributed by atoms with van der Waals surface area (Å²) in [5, 5.41) is 4.08. The number of carbonyl (C=O) groups is 1. The van der Waals surface area contributed by atoms with Crippen molar-refractivity contribution in [1.82, 2.24) is 10.3 Å². The van der Waals surface area contributed by atoms with Crippen LogP contribution in [0.5, 0.6) is 0 Å². The van der Waals surface area contributed by atoms with Crippen molar-refractivity contribution in [2.24, 2.45) is 0 Å². The minimum Gasteiger partial charge on any atom is -0.332 e. The number of urea groups is 1. The molecule has 0 saturated carbocycles. The predicted molar refractivity (Wildman–Crippen MR) is 111 cm³/mol. The van der Waals surface area contributed by atoms with E-state index < -0.39 is 11.6 Å². The highest BCUT2D eigenvalue weighted by atomic mass is 35.5. The molecule has 3 aromatic rings. The molecule has 0 radical (unpaired) electrons. The largest absolute Gasteiger partial charge is 0.332 e. The topological polar surface area (TPSA) is 45.2 Å². The normalized spacial score (nSPS) is 13.2. The summed E-state index contributed by atoms with van der Waals surface area (Å²) < 4.78 is 26.9. The highest BCUT2D eigenvalue weighted by Gasteiger charge is 2.29. The molecule has 0 spiro atoms. The summed E-state index contributed by atoms with van der Waals surface area (Å²) in [4.78, 5) is 18.5. The summed E-state index contributed by atoms with van der Waals surface area (Å²) in [5.41, 5.74) is 1.96. The fourth-order valence-corrected chi connectivity index (χ4v) is 4.39. The number of hydrogen-bond donors (Lipinski definition) is 1. The van der Waals surface area contributed by atoms with Gasteiger partial charge in [0.05, 0.1) is 38.7 Å². The molecule has 148 valence electrons. The van der Waals surface area contributed by atoms with Gasteiger partial charge in [-0.2, -0.15) is 0 Å². The Morgan fingerprint density at radius 1 is 1.10 bits per heavy atom. The molecule has 0 aliphatic carbocycles. The summed E-state index contributed by atoms with van der Waals surface area (Å²) in [6.07, 6.45) is 0. The van der Waals surface area contributed by atoms with Gasteiger partial charge in [-0.15, -0.1) is 11.8 Å². The van der Waals surface area contributed by atoms with E-state index in [1.54, 1.807) is 30.3 Å². The lowest BCUT2D eigenvalue weighted by molar-refractivity contribution is 0.246. The lowest BCUT2D eigenvalue weighted by Crippen LogP contribution is -2.41. The Hall–Kier alpha value is -2.35. The molecular formula is C20H13Cl2F2N3OS. The minimum absolute atomic E-state index is 0.242. The third-order valence-corrected chi connectivity index (χ3v) is 5.92. The molecule has 4 nitrogen and oxygen atoms in total. The van der Waals surface area contributed by atoms with Gasteiger partial charge in [0.1, 0.15) is 11.6 Å². The van der Waals surface area contributed by atoms with Crippen LogP contribution in [0.2, 0.25) is 10.0 Å². The van der Waals surface area contributed by atoms with E-state index in [0.29, 0.717) is 43.5 Å². The number of para-hydroxylation sites is 1. The van der Waals surface area contributed by atoms with Gasteiger partial charge in [0.15, 0.2) is 0 Å². The number of amides is 2. The molecule has 0 bridgehead atoms. The standard InChI is InChI=1S/C20H13Cl2F2N3OS/c21-13-2-1-3-14(22)19(13)27-17-6-7-18(26-16(17)9-25-20(27)28)29-10-11-4-5-12(23)8-15(11)24/h1-8H,9-10H2,(H,25,28). The smallest absolute Gasteiger partial charge is 0.326 e. The molecule has 2 heterocycles. The number of carbonyl (C=O) groups excluding carboxylic acids is 1. The number of rotatable bonds is 4. The molecule has 1 aromatic heterocycles. The Kier molecular flexibility index (Phi) is 5.63. The SMILES string of the molecule is O=C1NCc2nc(SCc3ccc(F)cc3F)ccc2N1c1c(Cl)cccc1Cl. The Morgan fingerprint density at radius 2 is 1.86 bits per heavy atom. The molecule has 1 N–H and O–H groups in total. The van der Waals surface area contributed by atoms with Gasteiger partial charge < -0.3 is 5.32 Å². The Balaban J connectivity index is 1.62. The second-order valence-corrected chi connectivity index (χ2v) is 8.01. The van der Waals surface area contributed by atoms with Crippen LogP contribution in [0.3, 0.4) is 0 Å². The fourth-order valence-electron chi connectivity index (χ4n) is 2.95. The van der Waals surface area contributed by atoms with Crippen molar-refractivity contribution in [3.8, 4) is 0 Å². The summed E-state index contributed by atoms with van der Waals surface area (Å²) >= 11 is 13.9. The van der Waals surface area contributed by atoms with Crippen molar-refractivity contribution < 1.29 is 13.6 Å². The molecule has 0 atom stereocenters. The maximum absolute atomic E-state index is 13.8. The Labute approximate surface area is 179 Å². The third kappa shape index (κ3) is 4.03. The van der Waals surface area contributed by atoms with Crippen LogP contribution in [0.15, 0.2) is 53.6 Å². The lowest BCUT2D eigenvalue weighted by Gasteiger charge is -2.30. The summed E-state index contributed by atoms with van der Waals surface area (Å²) in [5.74, 6) is -0.913. The number of thioether (sulfide) groups is 1. The summed E-state index contributed by atoms with van der Waals surface area (Å²) in [6, 6.07) is 11.6. The van der Waals surface area contributed by atoms with E-state index >= 15 is 0 Å². The van der Waals surface area contributed by atoms with E-state index in [0.717, 1.165) is 6.07 Å². The number of anilines is 2. The first kappa shape index (κ1) is 19.9. The van der Waals surface area contributed by atoms with Gasteiger partial charge in [-0.05, 0) is 35.9 Å². The van der Waals surface area contributed by atoms with Gasteiger partial charge in [0.25, 0.3) is 0 Å². The van der Waals surface area contributed by atoms with Crippen molar-refractivity contribution in [3.05, 3.63) is 81.5 Å². The quantitative estimate of drug-likeness (QED) is 0.472. The molecular weight excluding hydrogens is 439 g/mol. The zero-order chi connectivity index (χ0) is 20.5. The van der Waals surface area contributed by atoms with Crippen LogP contribution in [0.4, 0.5) is 25.0 Å². The van der Waals surface area contributed by atoms with Gasteiger partial charge in [0, 0.05) is 11.8 Å². The number of nitrogens with one attached hydrogen (secondary N) is 1. The highest BCUT2D eigenvalue weighted by molar-refractivity contribution is 7.98. The third-order valence-electron chi connectivity index (χ3n) is 4.33. The van der Waals surface area contributed by atoms with Crippen LogP contribution in [-0.4, -0.2) is 11.0 Å². The Bertz CT molecular complexity index is 1090. The number of benzene rings is 2. The van der Waals surface area contributed by atoms with Crippen molar-refractivity contribution in [1.29, 1.82) is 0 Å². The number of halogens is 4. The van der Waals surface area contributed by atoms with Gasteiger partial charge in [-0.1, -0.05) is 35.3 Å². The minimum atomic E-state index is -0.614. The average molecular weight is 452 g/mol. The molecule has 2 amide bonds. The first-order valence-electron chi connectivity index (χ1n) is 8.52. The maximum atomic E-state index is 13.8. The van der Waals surface area contributed by atoms with Crippen molar-refractivity contribution in [2.75, 3.05) is 4.90 Å². The second-order valence-electron chi connectivity index (χ2n) is 6.20. The van der Waals surface area contributed by atoms with Crippen LogP contribution in [0.1, 0.15) is 11.3 Å². The van der Waals surface area contributed by atoms with Crippen LogP contribution >= 0.6 is 35.0 Å². The van der Waals surface area contributed by atoms with E-state index in [2.05, 4.69) is 10.3 Å². The molecule has 2 aromatic carbocycles. The molecule has 0 fully saturated rings. The fraction of sp³-hybridized carbons (Fsp3) is 0.100. The monoisotopic (exact) mass is 451 g/mol. The van der Waals surface area contributed by atoms with Crippen LogP contribution in [-0.2, 0) is 12.3 Å². The predicted octanol–water partition coefficient (Wildman–Crippen LogP) is 6.32. The number of hydrogen-bond acceptors (Lipinski definition) is 3. The van der Waals surface area contributed by atoms with Crippen molar-refractivity contribution in [3.63, 3.8) is 0 Å². The summed E-state index contributed by atoms with van der Waals surface area (Å²) in [7, 11) is 0. The molecule has 1 aliphatic heterocycles. The molecule has 29 heavy (non-hydrogen) atoms. The number of pyridine rings is 1. The summed E-state index contributed by atoms with van der Waals surface area (Å²) in [6.45, 7) is 0.242. The lowest BCUT2D eigenvalue weighted by atomic mass is 10.2. The van der Waals surface area contributed by atoms with E-state index in [4.69, 9.17) is 23.2 Å². The van der Waals surface area contributed by atoms with Crippen LogP contribution in [0, 0.1) is 11.6 Å². The Morgan fingerprint density at radius 3 is 2.59 bits per heavy atom. The molecule has 0 saturated heterocycles. The highest BCUT2D eigenvalue weighted by Crippen LogP contribution is 2.40. The second kappa shape index (κ2) is 8.18.